The van der Waals surface area contributed by atoms with Gasteiger partial charge in [-0.3, -0.25) is 0 Å². The van der Waals surface area contributed by atoms with Crippen molar-refractivity contribution in [2.45, 2.75) is 0 Å². The maximum Gasteiger partial charge on any atom is 0.531 e. The Kier molecular flexibility index (Phi) is 1.71. The van der Waals surface area contributed by atoms with Crippen LogP contribution in [0.25, 0.3) is 17.3 Å². The lowest BCUT2D eigenvalue weighted by Crippen LogP contribution is -2.22. The van der Waals surface area contributed by atoms with Gasteiger partial charge in [0, 0.05) is 11.6 Å². The maximum atomic E-state index is 5.49. The summed E-state index contributed by atoms with van der Waals surface area (Å²) in [5, 5.41) is 4.27. The highest BCUT2D eigenvalue weighted by Crippen LogP contribution is 2.15. The third-order valence-electron chi connectivity index (χ3n) is 2.10. The molecule has 1 aromatic carbocycles. The molecule has 0 unspecified atom stereocenters. The molecule has 0 atom stereocenters. The summed E-state index contributed by atoms with van der Waals surface area (Å²) < 4.78 is 7.11. The average molecular weight is 198 g/mol. The van der Waals surface area contributed by atoms with Crippen LogP contribution < -0.4 is 4.52 Å². The van der Waals surface area contributed by atoms with Crippen LogP contribution in [0.1, 0.15) is 0 Å². The molecule has 2 aromatic heterocycles. The second kappa shape index (κ2) is 3.16. The van der Waals surface area contributed by atoms with E-state index < -0.39 is 0 Å². The number of hydrogen-bond donors (Lipinski definition) is 0. The zero-order valence-corrected chi connectivity index (χ0v) is 7.87. The van der Waals surface area contributed by atoms with Gasteiger partial charge >= 0.3 is 5.84 Å². The van der Waals surface area contributed by atoms with Gasteiger partial charge in [0.25, 0.3) is 5.89 Å². The van der Waals surface area contributed by atoms with Crippen molar-refractivity contribution >= 4 is 5.84 Å². The Bertz CT molecular complexity index is 556. The number of hydrogen-bond acceptors (Lipinski definition) is 3. The Hall–Kier alpha value is -2.23. The van der Waals surface area contributed by atoms with Crippen molar-refractivity contribution in [3.8, 4) is 11.5 Å². The first-order valence-corrected chi connectivity index (χ1v) is 4.62. The fourth-order valence-corrected chi connectivity index (χ4v) is 1.40. The summed E-state index contributed by atoms with van der Waals surface area (Å²) >= 11 is 0. The first-order chi connectivity index (χ1) is 7.43. The van der Waals surface area contributed by atoms with Crippen LogP contribution in [0.4, 0.5) is 0 Å². The minimum atomic E-state index is 0.497. The molecule has 0 N–H and O–H groups in total. The van der Waals surface area contributed by atoms with Gasteiger partial charge in [0.2, 0.25) is 0 Å². The van der Waals surface area contributed by atoms with Gasteiger partial charge in [-0.25, -0.2) is 0 Å². The molecule has 0 amide bonds. The highest BCUT2D eigenvalue weighted by Gasteiger charge is 2.13. The van der Waals surface area contributed by atoms with Crippen LogP contribution >= 0.6 is 0 Å². The Labute approximate surface area is 85.8 Å². The van der Waals surface area contributed by atoms with E-state index in [1.165, 1.54) is 0 Å². The summed E-state index contributed by atoms with van der Waals surface area (Å²) in [5.41, 5.74) is 0.947. The second-order valence-electron chi connectivity index (χ2n) is 3.12. The molecule has 72 valence electrons. The van der Waals surface area contributed by atoms with E-state index in [2.05, 4.69) is 10.1 Å². The highest BCUT2D eigenvalue weighted by molar-refractivity contribution is 5.52. The smallest absolute Gasteiger partial charge is 0.364 e. The van der Waals surface area contributed by atoms with Crippen LogP contribution in [0.5, 0.6) is 0 Å². The monoisotopic (exact) mass is 198 g/mol. The summed E-state index contributed by atoms with van der Waals surface area (Å²) in [5.74, 6) is 1.07. The quantitative estimate of drug-likeness (QED) is 0.556. The Morgan fingerprint density at radius 1 is 1.07 bits per heavy atom. The van der Waals surface area contributed by atoms with Gasteiger partial charge in [0.05, 0.1) is 0 Å². The van der Waals surface area contributed by atoms with Crippen LogP contribution in [-0.4, -0.2) is 10.1 Å². The molecule has 0 fully saturated rings. The summed E-state index contributed by atoms with van der Waals surface area (Å²) in [6, 6.07) is 11.6. The molecule has 0 saturated carbocycles. The SMILES string of the molecule is c1ccc(-c2n[n+]3cccnc3o2)cc1. The molecule has 0 radical (unpaired) electrons. The number of aromatic nitrogens is 3. The van der Waals surface area contributed by atoms with Gasteiger partial charge in [0.15, 0.2) is 0 Å². The van der Waals surface area contributed by atoms with Crippen LogP contribution in [-0.2, 0) is 0 Å². The maximum absolute atomic E-state index is 5.49. The van der Waals surface area contributed by atoms with Crippen molar-refractivity contribution in [2.24, 2.45) is 0 Å². The van der Waals surface area contributed by atoms with Crippen molar-refractivity contribution < 1.29 is 8.93 Å². The molecule has 15 heavy (non-hydrogen) atoms. The Morgan fingerprint density at radius 2 is 1.93 bits per heavy atom. The van der Waals surface area contributed by atoms with Crippen molar-refractivity contribution in [3.05, 3.63) is 48.8 Å². The predicted molar refractivity (Wildman–Crippen MR) is 52.9 cm³/mol. The molecule has 0 spiro atoms. The van der Waals surface area contributed by atoms with Crippen molar-refractivity contribution in [1.82, 2.24) is 10.1 Å². The standard InChI is InChI=1S/C11H8N3O/c1-2-5-9(6-3-1)10-13-14-8-4-7-12-11(14)15-10/h1-8H/q+1. The van der Waals surface area contributed by atoms with Crippen molar-refractivity contribution in [3.63, 3.8) is 0 Å². The lowest BCUT2D eigenvalue weighted by molar-refractivity contribution is -0.581. The molecule has 0 aliphatic heterocycles. The number of nitrogens with zero attached hydrogens (tertiary/aromatic N) is 3. The molecule has 3 aromatic rings. The van der Waals surface area contributed by atoms with Crippen LogP contribution in [0.2, 0.25) is 0 Å². The molecule has 2 heterocycles. The molecular formula is C11H8N3O+. The van der Waals surface area contributed by atoms with Crippen LogP contribution in [0.15, 0.2) is 53.2 Å². The summed E-state index contributed by atoms with van der Waals surface area (Å²) in [4.78, 5) is 4.06. The minimum absolute atomic E-state index is 0.497. The van der Waals surface area contributed by atoms with E-state index in [1.807, 2.05) is 36.4 Å². The third kappa shape index (κ3) is 1.36. The predicted octanol–water partition coefficient (Wildman–Crippen LogP) is 1.48. The van der Waals surface area contributed by atoms with E-state index >= 15 is 0 Å². The van der Waals surface area contributed by atoms with Gasteiger partial charge in [-0.1, -0.05) is 22.7 Å². The van der Waals surface area contributed by atoms with Gasteiger partial charge in [-0.05, 0) is 22.2 Å². The minimum Gasteiger partial charge on any atom is -0.364 e. The normalized spacial score (nSPS) is 10.7. The number of fused-ring (bicyclic) bond motifs is 1. The summed E-state index contributed by atoms with van der Waals surface area (Å²) in [7, 11) is 0. The van der Waals surface area contributed by atoms with Gasteiger partial charge in [-0.15, -0.1) is 0 Å². The van der Waals surface area contributed by atoms with E-state index in [-0.39, 0.29) is 0 Å². The number of rotatable bonds is 1. The van der Waals surface area contributed by atoms with Gasteiger partial charge in [-0.2, -0.15) is 0 Å². The molecule has 0 saturated heterocycles. The molecule has 4 heteroatoms. The molecule has 0 bridgehead atoms. The fraction of sp³-hybridized carbons (Fsp3) is 0. The van der Waals surface area contributed by atoms with E-state index in [4.69, 9.17) is 4.42 Å². The molecule has 0 aliphatic rings. The van der Waals surface area contributed by atoms with E-state index in [9.17, 15) is 0 Å². The fourth-order valence-electron chi connectivity index (χ4n) is 1.40. The second-order valence-corrected chi connectivity index (χ2v) is 3.12. The average Bonchev–Trinajstić information content (AvgIpc) is 2.74. The van der Waals surface area contributed by atoms with E-state index in [1.54, 1.807) is 16.9 Å². The van der Waals surface area contributed by atoms with Gasteiger partial charge < -0.3 is 4.42 Å². The lowest BCUT2D eigenvalue weighted by Gasteiger charge is -1.88. The summed E-state index contributed by atoms with van der Waals surface area (Å²) in [6.45, 7) is 0. The van der Waals surface area contributed by atoms with Crippen LogP contribution in [0, 0.1) is 0 Å². The zero-order chi connectivity index (χ0) is 10.1. The van der Waals surface area contributed by atoms with Crippen LogP contribution in [0.3, 0.4) is 0 Å². The first kappa shape index (κ1) is 8.11. The molecular weight excluding hydrogens is 190 g/mol. The Morgan fingerprint density at radius 3 is 2.73 bits per heavy atom. The summed E-state index contributed by atoms with van der Waals surface area (Å²) in [6.07, 6.45) is 3.48. The highest BCUT2D eigenvalue weighted by atomic mass is 16.4. The molecule has 3 rings (SSSR count). The van der Waals surface area contributed by atoms with Crippen molar-refractivity contribution in [1.29, 1.82) is 0 Å². The lowest BCUT2D eigenvalue weighted by atomic mass is 10.2. The van der Waals surface area contributed by atoms with Crippen molar-refractivity contribution in [2.75, 3.05) is 0 Å². The topological polar surface area (TPSA) is 43.0 Å². The van der Waals surface area contributed by atoms with Gasteiger partial charge in [0.1, 0.15) is 12.4 Å². The zero-order valence-electron chi connectivity index (χ0n) is 7.87. The van der Waals surface area contributed by atoms with E-state index in [0.29, 0.717) is 11.7 Å². The molecule has 0 aliphatic carbocycles. The Balaban J connectivity index is 2.21. The number of benzene rings is 1. The first-order valence-electron chi connectivity index (χ1n) is 4.62. The third-order valence-corrected chi connectivity index (χ3v) is 2.10. The largest absolute Gasteiger partial charge is 0.531 e. The van der Waals surface area contributed by atoms with E-state index in [0.717, 1.165) is 5.56 Å². The molecule has 4 nitrogen and oxygen atoms in total.